The zero-order chi connectivity index (χ0) is 11.1. The van der Waals surface area contributed by atoms with Crippen molar-refractivity contribution in [1.29, 1.82) is 0 Å². The molecule has 0 fully saturated rings. The van der Waals surface area contributed by atoms with Gasteiger partial charge in [-0.2, -0.15) is 0 Å². The number of aryl methyl sites for hydroxylation is 1. The number of ether oxygens (including phenoxy) is 1. The van der Waals surface area contributed by atoms with Crippen LogP contribution in [-0.2, 0) is 4.74 Å². The fraction of sp³-hybridized carbons (Fsp3) is 0.500. The first-order valence-corrected chi connectivity index (χ1v) is 5.61. The summed E-state index contributed by atoms with van der Waals surface area (Å²) in [4.78, 5) is 0. The Morgan fingerprint density at radius 2 is 2.13 bits per heavy atom. The van der Waals surface area contributed by atoms with Gasteiger partial charge in [0, 0.05) is 20.3 Å². The first-order valence-electron chi connectivity index (χ1n) is 5.23. The van der Waals surface area contributed by atoms with Crippen molar-refractivity contribution in [3.63, 3.8) is 0 Å². The van der Waals surface area contributed by atoms with Gasteiger partial charge in [0.15, 0.2) is 0 Å². The molecule has 0 saturated carbocycles. The van der Waals surface area contributed by atoms with Gasteiger partial charge in [-0.15, -0.1) is 0 Å². The van der Waals surface area contributed by atoms with Crippen LogP contribution < -0.4 is 5.32 Å². The van der Waals surface area contributed by atoms with Crippen molar-refractivity contribution in [2.75, 3.05) is 25.6 Å². The third-order valence-corrected chi connectivity index (χ3v) is 2.54. The molecule has 0 aliphatic carbocycles. The molecule has 1 rings (SSSR count). The Morgan fingerprint density at radius 1 is 1.33 bits per heavy atom. The fourth-order valence-corrected chi connectivity index (χ4v) is 1.55. The van der Waals surface area contributed by atoms with E-state index in [1.807, 2.05) is 12.1 Å². The molecule has 0 aliphatic rings. The van der Waals surface area contributed by atoms with Crippen LogP contribution in [0, 0.1) is 6.92 Å². The Morgan fingerprint density at radius 3 is 2.87 bits per heavy atom. The summed E-state index contributed by atoms with van der Waals surface area (Å²) in [5.41, 5.74) is 2.24. The molecule has 0 atom stereocenters. The maximum atomic E-state index is 6.05. The molecule has 0 saturated heterocycles. The van der Waals surface area contributed by atoms with E-state index in [1.54, 1.807) is 7.11 Å². The van der Waals surface area contributed by atoms with E-state index >= 15 is 0 Å². The molecule has 3 heteroatoms. The quantitative estimate of drug-likeness (QED) is 0.752. The maximum absolute atomic E-state index is 6.05. The van der Waals surface area contributed by atoms with E-state index < -0.39 is 0 Å². The highest BCUT2D eigenvalue weighted by Crippen LogP contribution is 2.22. The third kappa shape index (κ3) is 4.54. The number of hydrogen-bond donors (Lipinski definition) is 1. The van der Waals surface area contributed by atoms with Crippen LogP contribution in [0.5, 0.6) is 0 Å². The van der Waals surface area contributed by atoms with Crippen LogP contribution in [0.3, 0.4) is 0 Å². The van der Waals surface area contributed by atoms with Crippen molar-refractivity contribution < 1.29 is 4.74 Å². The van der Waals surface area contributed by atoms with Crippen LogP contribution in [-0.4, -0.2) is 20.3 Å². The van der Waals surface area contributed by atoms with E-state index in [-0.39, 0.29) is 0 Å². The molecule has 0 spiro atoms. The van der Waals surface area contributed by atoms with Gasteiger partial charge in [0.25, 0.3) is 0 Å². The Bertz CT molecular complexity index is 302. The second kappa shape index (κ2) is 6.70. The summed E-state index contributed by atoms with van der Waals surface area (Å²) in [6.45, 7) is 3.82. The summed E-state index contributed by atoms with van der Waals surface area (Å²) in [5, 5.41) is 4.11. The van der Waals surface area contributed by atoms with Gasteiger partial charge in [0.1, 0.15) is 0 Å². The highest BCUT2D eigenvalue weighted by Gasteiger charge is 1.98. The van der Waals surface area contributed by atoms with E-state index in [9.17, 15) is 0 Å². The fourth-order valence-electron chi connectivity index (χ4n) is 1.37. The van der Waals surface area contributed by atoms with Crippen LogP contribution >= 0.6 is 11.6 Å². The highest BCUT2D eigenvalue weighted by molar-refractivity contribution is 6.33. The van der Waals surface area contributed by atoms with Crippen molar-refractivity contribution in [2.24, 2.45) is 0 Å². The molecule has 0 aliphatic heterocycles. The first-order chi connectivity index (χ1) is 7.24. The second-order valence-corrected chi connectivity index (χ2v) is 4.02. The summed E-state index contributed by atoms with van der Waals surface area (Å²) in [5.74, 6) is 0. The average Bonchev–Trinajstić information content (AvgIpc) is 2.23. The number of hydrogen-bond acceptors (Lipinski definition) is 2. The minimum Gasteiger partial charge on any atom is -0.385 e. The minimum atomic E-state index is 0.785. The lowest BCUT2D eigenvalue weighted by Gasteiger charge is -2.08. The van der Waals surface area contributed by atoms with Gasteiger partial charge in [-0.05, 0) is 37.5 Å². The Kier molecular flexibility index (Phi) is 5.51. The molecule has 0 aromatic heterocycles. The first kappa shape index (κ1) is 12.3. The normalized spacial score (nSPS) is 10.3. The van der Waals surface area contributed by atoms with Crippen LogP contribution in [0.15, 0.2) is 18.2 Å². The van der Waals surface area contributed by atoms with Gasteiger partial charge in [-0.1, -0.05) is 17.7 Å². The number of anilines is 1. The molecule has 0 heterocycles. The largest absolute Gasteiger partial charge is 0.385 e. The molecular weight excluding hydrogens is 210 g/mol. The van der Waals surface area contributed by atoms with Gasteiger partial charge >= 0.3 is 0 Å². The lowest BCUT2D eigenvalue weighted by molar-refractivity contribution is 0.194. The predicted octanol–water partition coefficient (Wildman–Crippen LogP) is 3.49. The molecule has 1 aromatic rings. The lowest BCUT2D eigenvalue weighted by atomic mass is 10.2. The zero-order valence-corrected chi connectivity index (χ0v) is 10.1. The summed E-state index contributed by atoms with van der Waals surface area (Å²) in [7, 11) is 1.73. The second-order valence-electron chi connectivity index (χ2n) is 3.61. The highest BCUT2D eigenvalue weighted by atomic mass is 35.5. The number of benzene rings is 1. The summed E-state index contributed by atoms with van der Waals surface area (Å²) < 4.78 is 4.98. The van der Waals surface area contributed by atoms with Gasteiger partial charge in [-0.3, -0.25) is 0 Å². The molecule has 0 unspecified atom stereocenters. The van der Waals surface area contributed by atoms with E-state index in [1.165, 1.54) is 5.56 Å². The third-order valence-electron chi connectivity index (χ3n) is 2.21. The van der Waals surface area contributed by atoms with Crippen LogP contribution in [0.25, 0.3) is 0 Å². The lowest BCUT2D eigenvalue weighted by Crippen LogP contribution is -2.03. The number of rotatable bonds is 6. The number of nitrogens with one attached hydrogen (secondary N) is 1. The molecule has 2 nitrogen and oxygen atoms in total. The van der Waals surface area contributed by atoms with Crippen LogP contribution in [0.4, 0.5) is 5.69 Å². The van der Waals surface area contributed by atoms with Gasteiger partial charge < -0.3 is 10.1 Å². The van der Waals surface area contributed by atoms with Gasteiger partial charge in [0.2, 0.25) is 0 Å². The smallest absolute Gasteiger partial charge is 0.0637 e. The summed E-state index contributed by atoms with van der Waals surface area (Å²) in [6.07, 6.45) is 2.17. The van der Waals surface area contributed by atoms with E-state index in [0.717, 1.165) is 36.7 Å². The van der Waals surface area contributed by atoms with Crippen LogP contribution in [0.2, 0.25) is 5.02 Å². The van der Waals surface area contributed by atoms with Crippen LogP contribution in [0.1, 0.15) is 18.4 Å². The Labute approximate surface area is 96.6 Å². The van der Waals surface area contributed by atoms with E-state index in [4.69, 9.17) is 16.3 Å². The van der Waals surface area contributed by atoms with Crippen molar-refractivity contribution in [3.8, 4) is 0 Å². The average molecular weight is 228 g/mol. The monoisotopic (exact) mass is 227 g/mol. The molecule has 84 valence electrons. The minimum absolute atomic E-state index is 0.785. The molecule has 15 heavy (non-hydrogen) atoms. The molecule has 0 radical (unpaired) electrons. The maximum Gasteiger partial charge on any atom is 0.0637 e. The van der Waals surface area contributed by atoms with Crippen molar-refractivity contribution >= 4 is 17.3 Å². The molecular formula is C12H18ClNO. The van der Waals surface area contributed by atoms with Crippen molar-refractivity contribution in [1.82, 2.24) is 0 Å². The summed E-state index contributed by atoms with van der Waals surface area (Å²) >= 11 is 6.05. The topological polar surface area (TPSA) is 21.3 Å². The number of halogens is 1. The van der Waals surface area contributed by atoms with E-state index in [2.05, 4.69) is 18.3 Å². The van der Waals surface area contributed by atoms with Gasteiger partial charge in [0.05, 0.1) is 10.7 Å². The predicted molar refractivity (Wildman–Crippen MR) is 65.8 cm³/mol. The molecule has 1 aromatic carbocycles. The van der Waals surface area contributed by atoms with Crippen molar-refractivity contribution in [2.45, 2.75) is 19.8 Å². The standard InChI is InChI=1S/C12H18ClNO/c1-10-5-6-11(13)12(9-10)14-7-3-4-8-15-2/h5-6,9,14H,3-4,7-8H2,1-2H3. The Hall–Kier alpha value is -0.730. The molecule has 1 N–H and O–H groups in total. The molecule has 0 amide bonds. The molecule has 0 bridgehead atoms. The van der Waals surface area contributed by atoms with E-state index in [0.29, 0.717) is 0 Å². The Balaban J connectivity index is 2.33. The van der Waals surface area contributed by atoms with Gasteiger partial charge in [-0.25, -0.2) is 0 Å². The number of methoxy groups -OCH3 is 1. The zero-order valence-electron chi connectivity index (χ0n) is 9.35. The SMILES string of the molecule is COCCCCNc1cc(C)ccc1Cl. The number of unbranched alkanes of at least 4 members (excludes halogenated alkanes) is 1. The van der Waals surface area contributed by atoms with Crippen molar-refractivity contribution in [3.05, 3.63) is 28.8 Å². The summed E-state index contributed by atoms with van der Waals surface area (Å²) in [6, 6.07) is 6.01.